The van der Waals surface area contributed by atoms with Crippen LogP contribution in [0.2, 0.25) is 5.22 Å². The summed E-state index contributed by atoms with van der Waals surface area (Å²) in [6.07, 6.45) is 2.08. The van der Waals surface area contributed by atoms with E-state index in [4.69, 9.17) is 20.8 Å². The molecule has 6 heteroatoms. The molecule has 0 amide bonds. The van der Waals surface area contributed by atoms with Gasteiger partial charge in [0.2, 0.25) is 0 Å². The zero-order chi connectivity index (χ0) is 13.3. The van der Waals surface area contributed by atoms with Crippen molar-refractivity contribution in [1.29, 1.82) is 0 Å². The summed E-state index contributed by atoms with van der Waals surface area (Å²) in [5.41, 5.74) is 1.06. The number of nitrogens with zero attached hydrogens (tertiary/aromatic N) is 2. The fraction of sp³-hybridized carbons (Fsp3) is 0.417. The molecule has 0 radical (unpaired) electrons. The van der Waals surface area contributed by atoms with Crippen LogP contribution in [0.5, 0.6) is 5.75 Å². The highest BCUT2D eigenvalue weighted by Crippen LogP contribution is 2.35. The van der Waals surface area contributed by atoms with Crippen LogP contribution < -0.4 is 4.74 Å². The van der Waals surface area contributed by atoms with Gasteiger partial charge in [0, 0.05) is 11.6 Å². The van der Waals surface area contributed by atoms with Crippen LogP contribution in [0.3, 0.4) is 0 Å². The van der Waals surface area contributed by atoms with E-state index in [2.05, 4.69) is 5.10 Å². The molecule has 2 heterocycles. The molecule has 1 unspecified atom stereocenters. The highest BCUT2D eigenvalue weighted by Gasteiger charge is 2.25. The predicted octanol–water partition coefficient (Wildman–Crippen LogP) is 2.80. The number of aliphatic hydroxyl groups excluding tert-OH is 1. The van der Waals surface area contributed by atoms with Crippen LogP contribution in [0.4, 0.5) is 0 Å². The first-order valence-corrected chi connectivity index (χ1v) is 5.96. The topological polar surface area (TPSA) is 60.4 Å². The zero-order valence-electron chi connectivity index (χ0n) is 10.4. The van der Waals surface area contributed by atoms with Crippen molar-refractivity contribution < 1.29 is 14.3 Å². The van der Waals surface area contributed by atoms with E-state index in [0.29, 0.717) is 17.0 Å². The molecule has 2 aromatic rings. The van der Waals surface area contributed by atoms with E-state index >= 15 is 0 Å². The number of hydrogen-bond donors (Lipinski definition) is 1. The molecule has 1 N–H and O–H groups in total. The Bertz CT molecular complexity index is 533. The minimum atomic E-state index is -0.934. The number of aromatic nitrogens is 2. The van der Waals surface area contributed by atoms with Gasteiger partial charge in [0.05, 0.1) is 19.6 Å². The van der Waals surface area contributed by atoms with E-state index < -0.39 is 6.10 Å². The summed E-state index contributed by atoms with van der Waals surface area (Å²) < 4.78 is 11.9. The fourth-order valence-electron chi connectivity index (χ4n) is 1.83. The van der Waals surface area contributed by atoms with Crippen molar-refractivity contribution in [3.05, 3.63) is 35.0 Å². The van der Waals surface area contributed by atoms with Gasteiger partial charge in [0.25, 0.3) is 0 Å². The van der Waals surface area contributed by atoms with Gasteiger partial charge in [-0.05, 0) is 31.5 Å². The molecular formula is C12H15ClN2O3. The van der Waals surface area contributed by atoms with E-state index in [9.17, 15) is 5.11 Å². The summed E-state index contributed by atoms with van der Waals surface area (Å²) in [6, 6.07) is 1.73. The minimum absolute atomic E-state index is 0.101. The molecule has 0 aliphatic rings. The van der Waals surface area contributed by atoms with Gasteiger partial charge in [-0.25, -0.2) is 0 Å². The van der Waals surface area contributed by atoms with Crippen LogP contribution in [-0.4, -0.2) is 22.0 Å². The average molecular weight is 271 g/mol. The molecule has 0 saturated carbocycles. The van der Waals surface area contributed by atoms with Crippen molar-refractivity contribution in [2.45, 2.75) is 26.0 Å². The lowest BCUT2D eigenvalue weighted by molar-refractivity contribution is 0.199. The molecule has 0 bridgehead atoms. The molecule has 0 aliphatic heterocycles. The molecular weight excluding hydrogens is 256 g/mol. The van der Waals surface area contributed by atoms with Gasteiger partial charge >= 0.3 is 0 Å². The first kappa shape index (κ1) is 13.0. The standard InChI is InChI=1S/C12H15ClN2O3/c1-7(2)15-10(9(17-3)6-14-15)11(16)8-4-5-18-12(8)13/h4-7,11,16H,1-3H3. The van der Waals surface area contributed by atoms with Gasteiger partial charge < -0.3 is 14.3 Å². The lowest BCUT2D eigenvalue weighted by Gasteiger charge is -2.16. The SMILES string of the molecule is COc1cnn(C(C)C)c1C(O)c1ccoc1Cl. The van der Waals surface area contributed by atoms with Crippen LogP contribution in [0.1, 0.15) is 37.3 Å². The third kappa shape index (κ3) is 2.11. The molecule has 0 saturated heterocycles. The van der Waals surface area contributed by atoms with E-state index in [1.807, 2.05) is 13.8 Å². The number of furan rings is 1. The Morgan fingerprint density at radius 1 is 1.50 bits per heavy atom. The number of ether oxygens (including phenoxy) is 1. The monoisotopic (exact) mass is 270 g/mol. The average Bonchev–Trinajstić information content (AvgIpc) is 2.93. The van der Waals surface area contributed by atoms with Crippen molar-refractivity contribution >= 4 is 11.6 Å². The van der Waals surface area contributed by atoms with Crippen molar-refractivity contribution in [3.63, 3.8) is 0 Å². The van der Waals surface area contributed by atoms with E-state index in [-0.39, 0.29) is 11.3 Å². The van der Waals surface area contributed by atoms with Crippen molar-refractivity contribution in [1.82, 2.24) is 9.78 Å². The highest BCUT2D eigenvalue weighted by molar-refractivity contribution is 6.29. The van der Waals surface area contributed by atoms with Crippen LogP contribution in [-0.2, 0) is 0 Å². The highest BCUT2D eigenvalue weighted by atomic mass is 35.5. The Labute approximate surface area is 110 Å². The van der Waals surface area contributed by atoms with E-state index in [0.717, 1.165) is 0 Å². The second-order valence-electron chi connectivity index (χ2n) is 4.19. The maximum Gasteiger partial charge on any atom is 0.199 e. The number of aliphatic hydroxyl groups is 1. The molecule has 0 fully saturated rings. The molecule has 2 aromatic heterocycles. The van der Waals surface area contributed by atoms with Crippen LogP contribution >= 0.6 is 11.6 Å². The molecule has 1 atom stereocenters. The van der Waals surface area contributed by atoms with Crippen LogP contribution in [0.25, 0.3) is 0 Å². The normalized spacial score (nSPS) is 13.0. The summed E-state index contributed by atoms with van der Waals surface area (Å²) in [7, 11) is 1.54. The Hall–Kier alpha value is -1.46. The molecule has 98 valence electrons. The maximum atomic E-state index is 10.4. The Balaban J connectivity index is 2.49. The van der Waals surface area contributed by atoms with Crippen molar-refractivity contribution in [2.24, 2.45) is 0 Å². The van der Waals surface area contributed by atoms with Crippen LogP contribution in [0, 0.1) is 0 Å². The second-order valence-corrected chi connectivity index (χ2v) is 4.53. The number of hydrogen-bond acceptors (Lipinski definition) is 4. The molecule has 0 aromatic carbocycles. The third-order valence-electron chi connectivity index (χ3n) is 2.71. The summed E-state index contributed by atoms with van der Waals surface area (Å²) in [6.45, 7) is 3.94. The van der Waals surface area contributed by atoms with Crippen molar-refractivity contribution in [2.75, 3.05) is 7.11 Å². The predicted molar refractivity (Wildman–Crippen MR) is 66.9 cm³/mol. The number of rotatable bonds is 4. The van der Waals surface area contributed by atoms with Gasteiger partial charge in [0.15, 0.2) is 11.0 Å². The van der Waals surface area contributed by atoms with Crippen LogP contribution in [0.15, 0.2) is 22.9 Å². The number of methoxy groups -OCH3 is 1. The second kappa shape index (κ2) is 5.04. The Kier molecular flexibility index (Phi) is 3.63. The molecule has 5 nitrogen and oxygen atoms in total. The summed E-state index contributed by atoms with van der Waals surface area (Å²) in [5, 5.41) is 14.8. The molecule has 2 rings (SSSR count). The lowest BCUT2D eigenvalue weighted by atomic mass is 10.1. The van der Waals surface area contributed by atoms with Gasteiger partial charge in [-0.1, -0.05) is 0 Å². The van der Waals surface area contributed by atoms with E-state index in [1.165, 1.54) is 13.4 Å². The maximum absolute atomic E-state index is 10.4. The molecule has 18 heavy (non-hydrogen) atoms. The molecule has 0 aliphatic carbocycles. The number of halogens is 1. The van der Waals surface area contributed by atoms with E-state index in [1.54, 1.807) is 16.9 Å². The summed E-state index contributed by atoms with van der Waals surface area (Å²) in [4.78, 5) is 0. The van der Waals surface area contributed by atoms with Crippen molar-refractivity contribution in [3.8, 4) is 5.75 Å². The minimum Gasteiger partial charge on any atom is -0.493 e. The van der Waals surface area contributed by atoms with Gasteiger partial charge in [-0.15, -0.1) is 0 Å². The van der Waals surface area contributed by atoms with Gasteiger partial charge in [-0.3, -0.25) is 4.68 Å². The quantitative estimate of drug-likeness (QED) is 0.928. The summed E-state index contributed by atoms with van der Waals surface area (Å²) in [5.74, 6) is 0.522. The molecule has 0 spiro atoms. The lowest BCUT2D eigenvalue weighted by Crippen LogP contribution is -2.12. The summed E-state index contributed by atoms with van der Waals surface area (Å²) >= 11 is 5.88. The first-order valence-electron chi connectivity index (χ1n) is 5.58. The van der Waals surface area contributed by atoms with Gasteiger partial charge in [0.1, 0.15) is 11.8 Å². The largest absolute Gasteiger partial charge is 0.493 e. The first-order chi connectivity index (χ1) is 8.56. The van der Waals surface area contributed by atoms with Gasteiger partial charge in [-0.2, -0.15) is 5.10 Å². The Morgan fingerprint density at radius 2 is 2.22 bits per heavy atom. The fourth-order valence-corrected chi connectivity index (χ4v) is 2.05. The zero-order valence-corrected chi connectivity index (χ0v) is 11.2. The Morgan fingerprint density at radius 3 is 2.72 bits per heavy atom. The smallest absolute Gasteiger partial charge is 0.199 e. The third-order valence-corrected chi connectivity index (χ3v) is 3.01.